The van der Waals surface area contributed by atoms with Gasteiger partial charge in [0, 0.05) is 46.8 Å². The molecule has 0 radical (unpaired) electrons. The van der Waals surface area contributed by atoms with E-state index in [2.05, 4.69) is 34.0 Å². The van der Waals surface area contributed by atoms with Gasteiger partial charge in [-0.2, -0.15) is 10.2 Å². The summed E-state index contributed by atoms with van der Waals surface area (Å²) in [6, 6.07) is 9.50. The third kappa shape index (κ3) is 4.08. The molecule has 0 unspecified atom stereocenters. The fourth-order valence-corrected chi connectivity index (χ4v) is 3.11. The Hall–Kier alpha value is -3.75. The molecule has 3 aromatic rings. The number of carbonyl (C=O) groups excluding carboxylic acids is 1. The average molecular weight is 394 g/mol. The summed E-state index contributed by atoms with van der Waals surface area (Å²) in [6.07, 6.45) is 3.35. The summed E-state index contributed by atoms with van der Waals surface area (Å²) < 4.78 is 4.03. The van der Waals surface area contributed by atoms with Gasteiger partial charge in [-0.3, -0.25) is 14.9 Å². The maximum absolute atomic E-state index is 12.2. The molecule has 0 saturated heterocycles. The Morgan fingerprint density at radius 3 is 2.55 bits per heavy atom. The number of nitro benzene ring substituents is 1. The van der Waals surface area contributed by atoms with Crippen LogP contribution >= 0.6 is 0 Å². The molecule has 29 heavy (non-hydrogen) atoms. The monoisotopic (exact) mass is 394 g/mol. The van der Waals surface area contributed by atoms with E-state index in [0.29, 0.717) is 5.56 Å². The van der Waals surface area contributed by atoms with Crippen molar-refractivity contribution < 1.29 is 9.72 Å². The molecule has 0 aliphatic heterocycles. The number of aromatic nitrogens is 3. The van der Waals surface area contributed by atoms with Gasteiger partial charge in [0.1, 0.15) is 5.82 Å². The van der Waals surface area contributed by atoms with Crippen LogP contribution in [0, 0.1) is 24.0 Å². The predicted molar refractivity (Wildman–Crippen MR) is 110 cm³/mol. The van der Waals surface area contributed by atoms with E-state index in [-0.39, 0.29) is 11.7 Å². The van der Waals surface area contributed by atoms with Crippen LogP contribution in [0.2, 0.25) is 0 Å². The first-order chi connectivity index (χ1) is 13.8. The van der Waals surface area contributed by atoms with Gasteiger partial charge >= 0.3 is 0 Å². The number of hydrazone groups is 1. The first-order valence-electron chi connectivity index (χ1n) is 9.10. The van der Waals surface area contributed by atoms with Crippen molar-refractivity contribution in [2.24, 2.45) is 5.10 Å². The number of hydrogen-bond donors (Lipinski definition) is 1. The summed E-state index contributed by atoms with van der Waals surface area (Å²) in [5.74, 6) is 0.521. The Labute approximate surface area is 167 Å². The normalized spacial score (nSPS) is 11.3. The molecular weight excluding hydrogens is 372 g/mol. The van der Waals surface area contributed by atoms with Gasteiger partial charge in [-0.1, -0.05) is 0 Å². The van der Waals surface area contributed by atoms with Crippen LogP contribution in [0.4, 0.5) is 5.69 Å². The second-order valence-electron chi connectivity index (χ2n) is 6.89. The van der Waals surface area contributed by atoms with Gasteiger partial charge in [0.2, 0.25) is 0 Å². The molecule has 1 N–H and O–H groups in total. The van der Waals surface area contributed by atoms with Crippen LogP contribution in [-0.4, -0.2) is 31.4 Å². The smallest absolute Gasteiger partial charge is 0.271 e. The van der Waals surface area contributed by atoms with Crippen molar-refractivity contribution in [3.05, 3.63) is 75.2 Å². The lowest BCUT2D eigenvalue weighted by Crippen LogP contribution is -2.17. The number of aryl methyl sites for hydroxylation is 1. The van der Waals surface area contributed by atoms with E-state index in [1.807, 2.05) is 30.7 Å². The summed E-state index contributed by atoms with van der Waals surface area (Å²) in [5.41, 5.74) is 5.53. The van der Waals surface area contributed by atoms with Crippen molar-refractivity contribution >= 4 is 17.8 Å². The zero-order valence-electron chi connectivity index (χ0n) is 16.7. The number of nitrogens with zero attached hydrogens (tertiary/aromatic N) is 5. The first-order valence-corrected chi connectivity index (χ1v) is 9.10. The molecule has 0 bridgehead atoms. The lowest BCUT2D eigenvalue weighted by Gasteiger charge is -2.14. The highest BCUT2D eigenvalue weighted by atomic mass is 16.6. The summed E-state index contributed by atoms with van der Waals surface area (Å²) in [7, 11) is 0. The molecule has 2 heterocycles. The largest absolute Gasteiger partial charge is 0.303 e. The first kappa shape index (κ1) is 20.0. The number of amides is 1. The van der Waals surface area contributed by atoms with Crippen LogP contribution in [0.1, 0.15) is 47.2 Å². The fourth-order valence-electron chi connectivity index (χ4n) is 3.11. The van der Waals surface area contributed by atoms with Crippen molar-refractivity contribution in [3.8, 4) is 5.82 Å². The molecule has 2 aromatic heterocycles. The van der Waals surface area contributed by atoms with Gasteiger partial charge in [-0.05, 0) is 45.9 Å². The Morgan fingerprint density at radius 1 is 1.24 bits per heavy atom. The summed E-state index contributed by atoms with van der Waals surface area (Å²) in [4.78, 5) is 22.3. The van der Waals surface area contributed by atoms with Gasteiger partial charge in [0.15, 0.2) is 0 Å². The quantitative estimate of drug-likeness (QED) is 0.392. The Morgan fingerprint density at radius 2 is 1.93 bits per heavy atom. The molecule has 9 heteroatoms. The lowest BCUT2D eigenvalue weighted by atomic mass is 10.2. The molecule has 3 rings (SSSR count). The summed E-state index contributed by atoms with van der Waals surface area (Å²) in [5, 5.41) is 19.1. The number of nitro groups is 1. The number of rotatable bonds is 6. The maximum Gasteiger partial charge on any atom is 0.271 e. The van der Waals surface area contributed by atoms with Crippen LogP contribution in [0.25, 0.3) is 5.82 Å². The van der Waals surface area contributed by atoms with E-state index >= 15 is 0 Å². The van der Waals surface area contributed by atoms with Gasteiger partial charge < -0.3 is 4.57 Å². The van der Waals surface area contributed by atoms with Gasteiger partial charge in [-0.25, -0.2) is 10.1 Å². The third-order valence-corrected chi connectivity index (χ3v) is 4.55. The number of benzene rings is 1. The van der Waals surface area contributed by atoms with E-state index in [9.17, 15) is 14.9 Å². The van der Waals surface area contributed by atoms with Gasteiger partial charge in [-0.15, -0.1) is 0 Å². The average Bonchev–Trinajstić information content (AvgIpc) is 3.26. The molecule has 1 aromatic carbocycles. The molecular formula is C20H22N6O3. The van der Waals surface area contributed by atoms with E-state index < -0.39 is 10.8 Å². The highest BCUT2D eigenvalue weighted by Crippen LogP contribution is 2.21. The second-order valence-corrected chi connectivity index (χ2v) is 6.89. The molecule has 0 atom stereocenters. The van der Waals surface area contributed by atoms with Crippen molar-refractivity contribution in [3.63, 3.8) is 0 Å². The minimum Gasteiger partial charge on any atom is -0.303 e. The molecule has 0 aliphatic rings. The molecule has 150 valence electrons. The SMILES string of the molecule is Cc1cc(/C=N\NC(=O)c2ccc([N+](=O)[O-])cc2)c(C)n1-c1ccnn1C(C)C. The van der Waals surface area contributed by atoms with E-state index in [1.54, 1.807) is 12.4 Å². The molecule has 0 spiro atoms. The number of carbonyl (C=O) groups is 1. The summed E-state index contributed by atoms with van der Waals surface area (Å²) in [6.45, 7) is 8.11. The van der Waals surface area contributed by atoms with Crippen LogP contribution in [0.15, 0.2) is 47.7 Å². The number of hydrogen-bond acceptors (Lipinski definition) is 5. The van der Waals surface area contributed by atoms with Gasteiger partial charge in [0.25, 0.3) is 11.6 Å². The van der Waals surface area contributed by atoms with Crippen LogP contribution in [-0.2, 0) is 0 Å². The molecule has 0 saturated carbocycles. The molecule has 0 aliphatic carbocycles. The summed E-state index contributed by atoms with van der Waals surface area (Å²) >= 11 is 0. The van der Waals surface area contributed by atoms with E-state index in [1.165, 1.54) is 24.3 Å². The Kier molecular flexibility index (Phi) is 5.58. The highest BCUT2D eigenvalue weighted by Gasteiger charge is 2.15. The lowest BCUT2D eigenvalue weighted by molar-refractivity contribution is -0.384. The van der Waals surface area contributed by atoms with Crippen molar-refractivity contribution in [2.75, 3.05) is 0 Å². The van der Waals surface area contributed by atoms with E-state index in [0.717, 1.165) is 22.8 Å². The zero-order valence-corrected chi connectivity index (χ0v) is 16.7. The van der Waals surface area contributed by atoms with Crippen molar-refractivity contribution in [2.45, 2.75) is 33.7 Å². The number of nitrogens with one attached hydrogen (secondary N) is 1. The second kappa shape index (κ2) is 8.09. The Bertz CT molecular complexity index is 1080. The highest BCUT2D eigenvalue weighted by molar-refractivity contribution is 5.95. The zero-order chi connectivity index (χ0) is 21.1. The minimum absolute atomic E-state index is 0.0712. The topological polar surface area (TPSA) is 107 Å². The van der Waals surface area contributed by atoms with Gasteiger partial charge in [0.05, 0.1) is 17.3 Å². The van der Waals surface area contributed by atoms with Crippen LogP contribution in [0.3, 0.4) is 0 Å². The van der Waals surface area contributed by atoms with Crippen molar-refractivity contribution in [1.82, 2.24) is 19.8 Å². The fraction of sp³-hybridized carbons (Fsp3) is 0.250. The Balaban J connectivity index is 1.77. The predicted octanol–water partition coefficient (Wildman–Crippen LogP) is 3.54. The molecule has 9 nitrogen and oxygen atoms in total. The van der Waals surface area contributed by atoms with E-state index in [4.69, 9.17) is 0 Å². The third-order valence-electron chi connectivity index (χ3n) is 4.55. The van der Waals surface area contributed by atoms with Crippen molar-refractivity contribution in [1.29, 1.82) is 0 Å². The minimum atomic E-state index is -0.513. The molecule has 1 amide bonds. The maximum atomic E-state index is 12.2. The van der Waals surface area contributed by atoms with Crippen LogP contribution in [0.5, 0.6) is 0 Å². The number of non-ortho nitro benzene ring substituents is 1. The van der Waals surface area contributed by atoms with Crippen LogP contribution < -0.4 is 5.43 Å². The molecule has 0 fully saturated rings. The standard InChI is InChI=1S/C20H22N6O3/c1-13(2)25-19(9-10-22-25)24-14(3)11-17(15(24)4)12-21-23-20(27)16-5-7-18(8-6-16)26(28)29/h5-13H,1-4H3,(H,23,27)/b21-12-.